The molecule has 0 atom stereocenters. The van der Waals surface area contributed by atoms with E-state index >= 15 is 0 Å². The first-order valence-corrected chi connectivity index (χ1v) is 15.0. The van der Waals surface area contributed by atoms with E-state index in [2.05, 4.69) is 183 Å². The molecule has 43 heavy (non-hydrogen) atoms. The Morgan fingerprint density at radius 3 is 1.74 bits per heavy atom. The predicted molar refractivity (Wildman–Crippen MR) is 186 cm³/mol. The molecule has 0 amide bonds. The lowest BCUT2D eigenvalue weighted by Gasteiger charge is -2.29. The van der Waals surface area contributed by atoms with Crippen LogP contribution < -0.4 is 4.90 Å². The van der Waals surface area contributed by atoms with Crippen LogP contribution in [0, 0.1) is 0 Å². The van der Waals surface area contributed by atoms with E-state index in [9.17, 15) is 0 Å². The van der Waals surface area contributed by atoms with Crippen molar-refractivity contribution in [3.05, 3.63) is 163 Å². The maximum Gasteiger partial charge on any atom is 0.0540 e. The molecular formula is C42H35N. The summed E-state index contributed by atoms with van der Waals surface area (Å²) in [6, 6.07) is 57.3. The number of nitrogens with zero attached hydrogens (tertiary/aromatic N) is 1. The molecule has 0 aliphatic rings. The number of rotatable bonds is 5. The van der Waals surface area contributed by atoms with Crippen molar-refractivity contribution in [3.63, 3.8) is 0 Å². The number of benzene rings is 7. The molecule has 0 radical (unpaired) electrons. The Morgan fingerprint density at radius 1 is 0.419 bits per heavy atom. The molecular weight excluding hydrogens is 518 g/mol. The van der Waals surface area contributed by atoms with Gasteiger partial charge in [-0.1, -0.05) is 148 Å². The van der Waals surface area contributed by atoms with Crippen LogP contribution in [0.1, 0.15) is 26.3 Å². The van der Waals surface area contributed by atoms with Gasteiger partial charge in [-0.3, -0.25) is 0 Å². The van der Waals surface area contributed by atoms with E-state index in [4.69, 9.17) is 0 Å². The largest absolute Gasteiger partial charge is 0.310 e. The van der Waals surface area contributed by atoms with Crippen molar-refractivity contribution < 1.29 is 0 Å². The second kappa shape index (κ2) is 10.9. The summed E-state index contributed by atoms with van der Waals surface area (Å²) < 4.78 is 0. The van der Waals surface area contributed by atoms with Gasteiger partial charge < -0.3 is 4.90 Å². The summed E-state index contributed by atoms with van der Waals surface area (Å²) in [5.74, 6) is 0. The van der Waals surface area contributed by atoms with Gasteiger partial charge in [-0.15, -0.1) is 0 Å². The molecule has 0 spiro atoms. The van der Waals surface area contributed by atoms with Gasteiger partial charge in [0, 0.05) is 16.9 Å². The average Bonchev–Trinajstić information content (AvgIpc) is 3.05. The van der Waals surface area contributed by atoms with Crippen LogP contribution in [0.2, 0.25) is 0 Å². The minimum atomic E-state index is 0.0843. The summed E-state index contributed by atoms with van der Waals surface area (Å²) in [5, 5.41) is 4.97. The van der Waals surface area contributed by atoms with E-state index in [1.165, 1.54) is 49.4 Å². The van der Waals surface area contributed by atoms with Crippen LogP contribution >= 0.6 is 0 Å². The van der Waals surface area contributed by atoms with Gasteiger partial charge in [-0.25, -0.2) is 0 Å². The van der Waals surface area contributed by atoms with Gasteiger partial charge in [0.15, 0.2) is 0 Å². The van der Waals surface area contributed by atoms with Gasteiger partial charge >= 0.3 is 0 Å². The van der Waals surface area contributed by atoms with Crippen molar-refractivity contribution in [2.75, 3.05) is 4.90 Å². The van der Waals surface area contributed by atoms with Gasteiger partial charge in [0.1, 0.15) is 0 Å². The normalized spacial score (nSPS) is 11.6. The first-order chi connectivity index (χ1) is 21.0. The van der Waals surface area contributed by atoms with E-state index < -0.39 is 0 Å². The maximum absolute atomic E-state index is 2.41. The van der Waals surface area contributed by atoms with E-state index in [-0.39, 0.29) is 5.41 Å². The molecule has 0 N–H and O–H groups in total. The molecule has 0 bridgehead atoms. The zero-order chi connectivity index (χ0) is 29.4. The first-order valence-electron chi connectivity index (χ1n) is 15.0. The third-order valence-electron chi connectivity index (χ3n) is 8.41. The van der Waals surface area contributed by atoms with E-state index in [1.54, 1.807) is 0 Å². The van der Waals surface area contributed by atoms with Crippen LogP contribution in [-0.2, 0) is 5.41 Å². The standard InChI is InChI=1S/C42H35N/c1-42(2,3)34-24-27-35(28-25-34)43(36-26-23-30-13-7-8-16-33(30)29-36)40-22-10-9-19-38(40)39-21-12-18-32-17-11-20-37(41(32)39)31-14-5-4-6-15-31/h4-29H,1-3H3. The molecule has 0 fully saturated rings. The molecule has 0 aromatic heterocycles. The van der Waals surface area contributed by atoms with Crippen LogP contribution in [0.4, 0.5) is 17.1 Å². The zero-order valence-electron chi connectivity index (χ0n) is 25.0. The summed E-state index contributed by atoms with van der Waals surface area (Å²) in [4.78, 5) is 2.41. The first kappa shape index (κ1) is 26.7. The van der Waals surface area contributed by atoms with E-state index in [1.807, 2.05) is 0 Å². The SMILES string of the molecule is CC(C)(C)c1ccc(N(c2ccc3ccccc3c2)c2ccccc2-c2cccc3cccc(-c4ccccc4)c23)cc1. The van der Waals surface area contributed by atoms with Crippen molar-refractivity contribution >= 4 is 38.6 Å². The summed E-state index contributed by atoms with van der Waals surface area (Å²) in [5.41, 5.74) is 9.73. The highest BCUT2D eigenvalue weighted by Gasteiger charge is 2.21. The fourth-order valence-corrected chi connectivity index (χ4v) is 6.17. The molecule has 0 aliphatic carbocycles. The van der Waals surface area contributed by atoms with Crippen LogP contribution in [0.5, 0.6) is 0 Å². The minimum absolute atomic E-state index is 0.0843. The Kier molecular flexibility index (Phi) is 6.80. The zero-order valence-corrected chi connectivity index (χ0v) is 25.0. The van der Waals surface area contributed by atoms with Gasteiger partial charge in [-0.05, 0) is 79.5 Å². The molecule has 7 aromatic carbocycles. The van der Waals surface area contributed by atoms with Crippen LogP contribution in [0.25, 0.3) is 43.8 Å². The second-order valence-corrected chi connectivity index (χ2v) is 12.3. The Bertz CT molecular complexity index is 2040. The molecule has 0 unspecified atom stereocenters. The maximum atomic E-state index is 2.41. The van der Waals surface area contributed by atoms with Gasteiger partial charge in [-0.2, -0.15) is 0 Å². The van der Waals surface area contributed by atoms with Crippen LogP contribution in [-0.4, -0.2) is 0 Å². The molecule has 7 aromatic rings. The van der Waals surface area contributed by atoms with Crippen LogP contribution in [0.3, 0.4) is 0 Å². The topological polar surface area (TPSA) is 3.24 Å². The summed E-state index contributed by atoms with van der Waals surface area (Å²) in [7, 11) is 0. The third kappa shape index (κ3) is 5.08. The highest BCUT2D eigenvalue weighted by molar-refractivity contribution is 6.09. The summed E-state index contributed by atoms with van der Waals surface area (Å²) >= 11 is 0. The molecule has 0 heterocycles. The summed E-state index contributed by atoms with van der Waals surface area (Å²) in [6.45, 7) is 6.80. The van der Waals surface area contributed by atoms with Crippen LogP contribution in [0.15, 0.2) is 158 Å². The van der Waals surface area contributed by atoms with Crippen molar-refractivity contribution in [2.24, 2.45) is 0 Å². The minimum Gasteiger partial charge on any atom is -0.310 e. The molecule has 0 saturated carbocycles. The van der Waals surface area contributed by atoms with E-state index in [0.29, 0.717) is 0 Å². The highest BCUT2D eigenvalue weighted by atomic mass is 15.1. The number of hydrogen-bond donors (Lipinski definition) is 0. The van der Waals surface area contributed by atoms with Gasteiger partial charge in [0.2, 0.25) is 0 Å². The lowest BCUT2D eigenvalue weighted by Crippen LogP contribution is -2.13. The lowest BCUT2D eigenvalue weighted by atomic mass is 9.87. The molecule has 1 nitrogen and oxygen atoms in total. The third-order valence-corrected chi connectivity index (χ3v) is 8.41. The number of anilines is 3. The van der Waals surface area contributed by atoms with Crippen molar-refractivity contribution in [1.82, 2.24) is 0 Å². The molecule has 0 saturated heterocycles. The smallest absolute Gasteiger partial charge is 0.0540 e. The number of para-hydroxylation sites is 1. The molecule has 0 aliphatic heterocycles. The molecule has 1 heteroatoms. The summed E-state index contributed by atoms with van der Waals surface area (Å²) in [6.07, 6.45) is 0. The second-order valence-electron chi connectivity index (χ2n) is 12.3. The van der Waals surface area contributed by atoms with Crippen molar-refractivity contribution in [2.45, 2.75) is 26.2 Å². The van der Waals surface area contributed by atoms with Gasteiger partial charge in [0.25, 0.3) is 0 Å². The Morgan fingerprint density at radius 2 is 1.00 bits per heavy atom. The Hall–Kier alpha value is -5.14. The Balaban J connectivity index is 1.48. The van der Waals surface area contributed by atoms with Gasteiger partial charge in [0.05, 0.1) is 5.69 Å². The number of hydrogen-bond acceptors (Lipinski definition) is 1. The number of fused-ring (bicyclic) bond motifs is 2. The average molecular weight is 554 g/mol. The fraction of sp³-hybridized carbons (Fsp3) is 0.0952. The fourth-order valence-electron chi connectivity index (χ4n) is 6.17. The Labute approximate surface area is 254 Å². The monoisotopic (exact) mass is 553 g/mol. The lowest BCUT2D eigenvalue weighted by molar-refractivity contribution is 0.590. The van der Waals surface area contributed by atoms with E-state index in [0.717, 1.165) is 17.1 Å². The van der Waals surface area contributed by atoms with Crippen molar-refractivity contribution in [1.29, 1.82) is 0 Å². The highest BCUT2D eigenvalue weighted by Crippen LogP contribution is 2.45. The van der Waals surface area contributed by atoms with Crippen molar-refractivity contribution in [3.8, 4) is 22.3 Å². The quantitative estimate of drug-likeness (QED) is 0.205. The molecule has 7 rings (SSSR count). The molecule has 208 valence electrons. The predicted octanol–water partition coefficient (Wildman–Crippen LogP) is 12.1.